The lowest BCUT2D eigenvalue weighted by Gasteiger charge is -2.39. The van der Waals surface area contributed by atoms with Crippen molar-refractivity contribution in [1.82, 2.24) is 9.88 Å². The number of pyridine rings is 1. The first-order valence-electron chi connectivity index (χ1n) is 10.4. The van der Waals surface area contributed by atoms with Crippen LogP contribution in [0.4, 0.5) is 5.69 Å². The highest BCUT2D eigenvalue weighted by Crippen LogP contribution is 2.38. The van der Waals surface area contributed by atoms with E-state index in [-0.39, 0.29) is 0 Å². The summed E-state index contributed by atoms with van der Waals surface area (Å²) in [5, 5.41) is 3.29. The summed E-state index contributed by atoms with van der Waals surface area (Å²) in [7, 11) is 1.71. The smallest absolute Gasteiger partial charge is 0.171 e. The minimum absolute atomic E-state index is 0.563. The van der Waals surface area contributed by atoms with Crippen LogP contribution in [0.15, 0.2) is 64.6 Å². The second-order valence-electron chi connectivity index (χ2n) is 7.76. The van der Waals surface area contributed by atoms with Gasteiger partial charge in [-0.2, -0.15) is 0 Å². The van der Waals surface area contributed by atoms with Gasteiger partial charge in [0.1, 0.15) is 10.8 Å². The van der Waals surface area contributed by atoms with Crippen molar-refractivity contribution in [3.8, 4) is 5.75 Å². The van der Waals surface area contributed by atoms with Gasteiger partial charge in [-0.3, -0.25) is 0 Å². The molecule has 0 unspecified atom stereocenters. The van der Waals surface area contributed by atoms with Gasteiger partial charge in [0.05, 0.1) is 18.3 Å². The Bertz CT molecular complexity index is 1040. The predicted octanol–water partition coefficient (Wildman–Crippen LogP) is 6.17. The van der Waals surface area contributed by atoms with E-state index in [1.807, 2.05) is 30.3 Å². The summed E-state index contributed by atoms with van der Waals surface area (Å²) in [5.41, 5.74) is 3.29. The van der Waals surface area contributed by atoms with Crippen LogP contribution in [0.25, 0.3) is 10.9 Å². The molecule has 4 nitrogen and oxygen atoms in total. The number of rotatable bonds is 3. The number of nitrogens with zero attached hydrogens (tertiary/aromatic N) is 3. The molecule has 0 atom stereocenters. The van der Waals surface area contributed by atoms with E-state index in [0.29, 0.717) is 6.04 Å². The molecule has 0 amide bonds. The third-order valence-electron chi connectivity index (χ3n) is 5.83. The second kappa shape index (κ2) is 8.07. The number of ether oxygens (including phenoxy) is 1. The molecule has 1 fully saturated rings. The van der Waals surface area contributed by atoms with Crippen molar-refractivity contribution >= 4 is 33.5 Å². The number of hydrogen-bond acceptors (Lipinski definition) is 4. The van der Waals surface area contributed by atoms with Crippen LogP contribution in [-0.4, -0.2) is 28.2 Å². The van der Waals surface area contributed by atoms with Crippen molar-refractivity contribution in [1.29, 1.82) is 0 Å². The predicted molar refractivity (Wildman–Crippen MR) is 120 cm³/mol. The summed E-state index contributed by atoms with van der Waals surface area (Å²) >= 11 is 1.71. The number of fused-ring (bicyclic) bond motifs is 2. The number of aliphatic imine (C=N–C) groups is 1. The van der Waals surface area contributed by atoms with Crippen molar-refractivity contribution in [2.45, 2.75) is 49.7 Å². The second-order valence-corrected chi connectivity index (χ2v) is 8.72. The molecule has 0 saturated heterocycles. The van der Waals surface area contributed by atoms with Crippen LogP contribution in [0.3, 0.4) is 0 Å². The Hall–Kier alpha value is -2.53. The van der Waals surface area contributed by atoms with Gasteiger partial charge in [0.25, 0.3) is 0 Å². The molecule has 2 aliphatic rings. The molecular formula is C24H25N3OS. The minimum atomic E-state index is 0.563. The van der Waals surface area contributed by atoms with Gasteiger partial charge in [-0.1, -0.05) is 37.5 Å². The van der Waals surface area contributed by atoms with Crippen LogP contribution >= 0.6 is 11.8 Å². The normalized spacial score (nSPS) is 18.8. The average Bonchev–Trinajstić information content (AvgIpc) is 2.78. The van der Waals surface area contributed by atoms with Crippen molar-refractivity contribution in [3.63, 3.8) is 0 Å². The molecule has 2 aromatic carbocycles. The molecule has 1 aliphatic heterocycles. The maximum Gasteiger partial charge on any atom is 0.171 e. The first kappa shape index (κ1) is 18.5. The van der Waals surface area contributed by atoms with Crippen molar-refractivity contribution in [2.75, 3.05) is 7.11 Å². The third-order valence-corrected chi connectivity index (χ3v) is 6.89. The van der Waals surface area contributed by atoms with Gasteiger partial charge in [-0.15, -0.1) is 0 Å². The van der Waals surface area contributed by atoms with Crippen LogP contribution in [-0.2, 0) is 6.54 Å². The summed E-state index contributed by atoms with van der Waals surface area (Å²) < 4.78 is 5.40. The minimum Gasteiger partial charge on any atom is -0.497 e. The Morgan fingerprint density at radius 3 is 2.66 bits per heavy atom. The molecule has 1 aliphatic carbocycles. The largest absolute Gasteiger partial charge is 0.497 e. The number of aromatic nitrogens is 1. The Kier molecular flexibility index (Phi) is 5.15. The molecule has 5 heteroatoms. The summed E-state index contributed by atoms with van der Waals surface area (Å²) in [6.07, 6.45) is 6.47. The topological polar surface area (TPSA) is 37.7 Å². The van der Waals surface area contributed by atoms with Crippen LogP contribution in [0.2, 0.25) is 0 Å². The van der Waals surface area contributed by atoms with Crippen molar-refractivity contribution in [2.24, 2.45) is 4.99 Å². The molecule has 29 heavy (non-hydrogen) atoms. The number of hydrogen-bond donors (Lipinski definition) is 0. The molecule has 0 radical (unpaired) electrons. The van der Waals surface area contributed by atoms with Gasteiger partial charge < -0.3 is 9.64 Å². The van der Waals surface area contributed by atoms with E-state index in [1.54, 1.807) is 18.9 Å². The molecule has 1 saturated carbocycles. The molecule has 1 aromatic heterocycles. The Balaban J connectivity index is 1.56. The molecule has 0 spiro atoms. The van der Waals surface area contributed by atoms with Crippen molar-refractivity contribution in [3.05, 3.63) is 60.2 Å². The Labute approximate surface area is 176 Å². The molecule has 148 valence electrons. The molecule has 5 rings (SSSR count). The number of benzene rings is 2. The molecular weight excluding hydrogens is 378 g/mol. The third kappa shape index (κ3) is 3.84. The van der Waals surface area contributed by atoms with Crippen LogP contribution < -0.4 is 4.74 Å². The fraction of sp³-hybridized carbons (Fsp3) is 0.333. The highest BCUT2D eigenvalue weighted by atomic mass is 32.2. The average molecular weight is 404 g/mol. The summed E-state index contributed by atoms with van der Waals surface area (Å²) in [4.78, 5) is 12.5. The highest BCUT2D eigenvalue weighted by Gasteiger charge is 2.30. The number of thioether (sulfide) groups is 1. The summed E-state index contributed by atoms with van der Waals surface area (Å²) in [5.74, 6) is 0.873. The van der Waals surface area contributed by atoms with Crippen LogP contribution in [0.1, 0.15) is 37.7 Å². The molecule has 2 heterocycles. The van der Waals surface area contributed by atoms with Crippen LogP contribution in [0, 0.1) is 0 Å². The Morgan fingerprint density at radius 1 is 1.03 bits per heavy atom. The van der Waals surface area contributed by atoms with Gasteiger partial charge in [-0.25, -0.2) is 9.98 Å². The van der Waals surface area contributed by atoms with E-state index >= 15 is 0 Å². The van der Waals surface area contributed by atoms with Crippen molar-refractivity contribution < 1.29 is 4.74 Å². The summed E-state index contributed by atoms with van der Waals surface area (Å²) in [6.45, 7) is 0.874. The lowest BCUT2D eigenvalue weighted by Crippen LogP contribution is -2.41. The highest BCUT2D eigenvalue weighted by molar-refractivity contribution is 8.13. The van der Waals surface area contributed by atoms with Gasteiger partial charge >= 0.3 is 0 Å². The lowest BCUT2D eigenvalue weighted by atomic mass is 9.94. The molecule has 0 N–H and O–H groups in total. The number of amidine groups is 1. The summed E-state index contributed by atoms with van der Waals surface area (Å²) in [6, 6.07) is 19.2. The standard InChI is InChI=1S/C24H25N3OS/c1-28-21-12-13-22-17(15-21)14-18-16-27(20-10-6-3-7-11-20)24(29-23(18)26-22)25-19-8-4-2-5-9-19/h2,4-5,8-9,12-15,20H,3,6-7,10-11,16H2,1H3. The quantitative estimate of drug-likeness (QED) is 0.524. The zero-order valence-corrected chi connectivity index (χ0v) is 17.5. The SMILES string of the molecule is COc1ccc2nc3c(cc2c1)CN(C1CCCCC1)C(=Nc1ccccc1)S3. The zero-order valence-electron chi connectivity index (χ0n) is 16.7. The molecule has 0 bridgehead atoms. The van der Waals surface area contributed by atoms with E-state index in [4.69, 9.17) is 14.7 Å². The van der Waals surface area contributed by atoms with E-state index in [2.05, 4.69) is 29.2 Å². The van der Waals surface area contributed by atoms with E-state index in [9.17, 15) is 0 Å². The molecule has 3 aromatic rings. The fourth-order valence-corrected chi connectivity index (χ4v) is 5.34. The maximum absolute atomic E-state index is 5.40. The van der Waals surface area contributed by atoms with Gasteiger partial charge in [0, 0.05) is 23.5 Å². The van der Waals surface area contributed by atoms with E-state index in [0.717, 1.165) is 39.1 Å². The fourth-order valence-electron chi connectivity index (χ4n) is 4.28. The number of methoxy groups -OCH3 is 1. The first-order valence-corrected chi connectivity index (χ1v) is 11.2. The Morgan fingerprint density at radius 2 is 1.86 bits per heavy atom. The first-order chi connectivity index (χ1) is 14.3. The van der Waals surface area contributed by atoms with Crippen LogP contribution in [0.5, 0.6) is 5.75 Å². The number of para-hydroxylation sites is 1. The van der Waals surface area contributed by atoms with Gasteiger partial charge in [-0.05, 0) is 61.0 Å². The zero-order chi connectivity index (χ0) is 19.6. The van der Waals surface area contributed by atoms with E-state index in [1.165, 1.54) is 37.7 Å². The monoisotopic (exact) mass is 403 g/mol. The van der Waals surface area contributed by atoms with E-state index < -0.39 is 0 Å². The van der Waals surface area contributed by atoms with Gasteiger partial charge in [0.15, 0.2) is 5.17 Å². The lowest BCUT2D eigenvalue weighted by molar-refractivity contribution is 0.238. The maximum atomic E-state index is 5.40. The van der Waals surface area contributed by atoms with Gasteiger partial charge in [0.2, 0.25) is 0 Å².